The number of amides is 1. The van der Waals surface area contributed by atoms with Gasteiger partial charge in [0.25, 0.3) is 5.91 Å². The van der Waals surface area contributed by atoms with E-state index in [0.29, 0.717) is 12.1 Å². The van der Waals surface area contributed by atoms with Crippen LogP contribution in [0.2, 0.25) is 0 Å². The monoisotopic (exact) mass is 445 g/mol. The molecular formula is C23H25F2N3O2S. The first-order valence-corrected chi connectivity index (χ1v) is 11.0. The van der Waals surface area contributed by atoms with E-state index in [9.17, 15) is 18.7 Å². The fourth-order valence-electron chi connectivity index (χ4n) is 3.30. The number of thiazole rings is 1. The van der Waals surface area contributed by atoms with Gasteiger partial charge in [-0.05, 0) is 41.7 Å². The molecule has 3 N–H and O–H groups in total. The van der Waals surface area contributed by atoms with Gasteiger partial charge in [-0.3, -0.25) is 4.79 Å². The second-order valence-electron chi connectivity index (χ2n) is 7.31. The van der Waals surface area contributed by atoms with Crippen molar-refractivity contribution < 1.29 is 18.7 Å². The third kappa shape index (κ3) is 6.92. The van der Waals surface area contributed by atoms with Crippen LogP contribution in [0.1, 0.15) is 34.1 Å². The first-order chi connectivity index (χ1) is 14.9. The van der Waals surface area contributed by atoms with Crippen LogP contribution >= 0.6 is 11.3 Å². The molecule has 5 nitrogen and oxygen atoms in total. The number of aliphatic hydroxyl groups is 1. The van der Waals surface area contributed by atoms with Crippen LogP contribution in [0.25, 0.3) is 0 Å². The first kappa shape index (κ1) is 23.0. The molecule has 1 heterocycles. The van der Waals surface area contributed by atoms with Gasteiger partial charge in [0.05, 0.1) is 17.7 Å². The quantitative estimate of drug-likeness (QED) is 0.447. The Labute approximate surface area is 184 Å². The predicted octanol–water partition coefficient (Wildman–Crippen LogP) is 3.48. The van der Waals surface area contributed by atoms with Gasteiger partial charge in [-0.1, -0.05) is 31.2 Å². The van der Waals surface area contributed by atoms with E-state index < -0.39 is 29.7 Å². The zero-order chi connectivity index (χ0) is 22.2. The predicted molar refractivity (Wildman–Crippen MR) is 117 cm³/mol. The fraction of sp³-hybridized carbons (Fsp3) is 0.304. The summed E-state index contributed by atoms with van der Waals surface area (Å²) < 4.78 is 27.2. The number of carbonyl (C=O) groups is 1. The normalized spacial score (nSPS) is 13.0. The highest BCUT2D eigenvalue weighted by atomic mass is 32.1. The van der Waals surface area contributed by atoms with Crippen molar-refractivity contribution in [2.24, 2.45) is 0 Å². The molecule has 31 heavy (non-hydrogen) atoms. The van der Waals surface area contributed by atoms with Crippen LogP contribution in [0.3, 0.4) is 0 Å². The van der Waals surface area contributed by atoms with Crippen molar-refractivity contribution in [3.8, 4) is 0 Å². The van der Waals surface area contributed by atoms with Crippen molar-refractivity contribution in [2.45, 2.75) is 38.5 Å². The molecule has 0 aliphatic carbocycles. The summed E-state index contributed by atoms with van der Waals surface area (Å²) in [5.74, 6) is -1.86. The summed E-state index contributed by atoms with van der Waals surface area (Å²) >= 11 is 1.28. The van der Waals surface area contributed by atoms with E-state index >= 15 is 0 Å². The maximum Gasteiger partial charge on any atom is 0.271 e. The average Bonchev–Trinajstić information content (AvgIpc) is 3.28. The van der Waals surface area contributed by atoms with Gasteiger partial charge < -0.3 is 15.7 Å². The van der Waals surface area contributed by atoms with Crippen LogP contribution < -0.4 is 10.6 Å². The van der Waals surface area contributed by atoms with Gasteiger partial charge in [-0.15, -0.1) is 11.3 Å². The number of hydrogen-bond donors (Lipinski definition) is 3. The minimum Gasteiger partial charge on any atom is -0.390 e. The SMILES string of the molecule is CCc1cccc(CNC[C@@H](O)[C@H](Cc2cc(F)cc(F)c2)NC(=O)c2cscn2)c1. The number of rotatable bonds is 10. The molecule has 0 fully saturated rings. The fourth-order valence-corrected chi connectivity index (χ4v) is 3.83. The van der Waals surface area contributed by atoms with Gasteiger partial charge in [-0.25, -0.2) is 13.8 Å². The van der Waals surface area contributed by atoms with Gasteiger partial charge in [0.1, 0.15) is 17.3 Å². The average molecular weight is 446 g/mol. The van der Waals surface area contributed by atoms with Crippen molar-refractivity contribution in [2.75, 3.05) is 6.54 Å². The van der Waals surface area contributed by atoms with Crippen LogP contribution in [0.15, 0.2) is 53.4 Å². The van der Waals surface area contributed by atoms with Crippen LogP contribution in [0, 0.1) is 11.6 Å². The minimum atomic E-state index is -0.983. The van der Waals surface area contributed by atoms with E-state index in [2.05, 4.69) is 34.7 Å². The van der Waals surface area contributed by atoms with E-state index in [-0.39, 0.29) is 18.7 Å². The second-order valence-corrected chi connectivity index (χ2v) is 8.03. The number of nitrogens with zero attached hydrogens (tertiary/aromatic N) is 1. The zero-order valence-electron chi connectivity index (χ0n) is 17.1. The number of aromatic nitrogens is 1. The number of aryl methyl sites for hydroxylation is 1. The standard InChI is InChI=1S/C23H25F2N3O2S/c1-2-15-4-3-5-16(6-15)11-26-12-22(29)20(28-23(30)21-13-31-14-27-21)9-17-7-18(24)10-19(25)8-17/h3-8,10,13-14,20,22,26,29H,2,9,11-12H2,1H3,(H,28,30)/t20-,22+/m0/s1. The maximum absolute atomic E-state index is 13.6. The molecule has 0 radical (unpaired) electrons. The Morgan fingerprint density at radius 2 is 1.87 bits per heavy atom. The van der Waals surface area contributed by atoms with E-state index in [1.165, 1.54) is 34.5 Å². The number of nitrogens with one attached hydrogen (secondary N) is 2. The molecule has 3 rings (SSSR count). The molecule has 1 aromatic heterocycles. The van der Waals surface area contributed by atoms with Gasteiger partial charge in [0.15, 0.2) is 0 Å². The van der Waals surface area contributed by atoms with Crippen LogP contribution in [-0.2, 0) is 19.4 Å². The summed E-state index contributed by atoms with van der Waals surface area (Å²) in [7, 11) is 0. The summed E-state index contributed by atoms with van der Waals surface area (Å²) in [6.07, 6.45) is 0.0210. The zero-order valence-corrected chi connectivity index (χ0v) is 18.0. The van der Waals surface area contributed by atoms with Crippen LogP contribution in [0.5, 0.6) is 0 Å². The van der Waals surface area contributed by atoms with Crippen LogP contribution in [0.4, 0.5) is 8.78 Å². The van der Waals surface area contributed by atoms with Gasteiger partial charge in [-0.2, -0.15) is 0 Å². The maximum atomic E-state index is 13.6. The van der Waals surface area contributed by atoms with E-state index in [4.69, 9.17) is 0 Å². The highest BCUT2D eigenvalue weighted by Gasteiger charge is 2.23. The first-order valence-electron chi connectivity index (χ1n) is 10.0. The summed E-state index contributed by atoms with van der Waals surface area (Å²) in [5.41, 5.74) is 4.42. The largest absolute Gasteiger partial charge is 0.390 e. The number of hydrogen-bond acceptors (Lipinski definition) is 5. The molecule has 0 spiro atoms. The third-order valence-electron chi connectivity index (χ3n) is 4.91. The Hall–Kier alpha value is -2.68. The van der Waals surface area contributed by atoms with E-state index in [1.807, 2.05) is 12.1 Å². The van der Waals surface area contributed by atoms with Crippen molar-refractivity contribution in [1.82, 2.24) is 15.6 Å². The number of carbonyl (C=O) groups excluding carboxylic acids is 1. The minimum absolute atomic E-state index is 0.0682. The second kappa shape index (κ2) is 11.1. The van der Waals surface area contributed by atoms with Gasteiger partial charge in [0, 0.05) is 24.5 Å². The lowest BCUT2D eigenvalue weighted by molar-refractivity contribution is 0.0826. The molecular weight excluding hydrogens is 420 g/mol. The molecule has 3 aromatic rings. The molecule has 2 atom stereocenters. The number of halogens is 2. The Bertz CT molecular complexity index is 978. The molecule has 2 aromatic carbocycles. The molecule has 1 amide bonds. The van der Waals surface area contributed by atoms with Crippen molar-refractivity contribution >= 4 is 17.2 Å². The topological polar surface area (TPSA) is 74.2 Å². The van der Waals surface area contributed by atoms with E-state index in [0.717, 1.165) is 18.1 Å². The molecule has 8 heteroatoms. The summed E-state index contributed by atoms with van der Waals surface area (Å²) in [5, 5.41) is 18.3. The Kier molecular flexibility index (Phi) is 8.22. The highest BCUT2D eigenvalue weighted by molar-refractivity contribution is 7.07. The molecule has 0 saturated heterocycles. The van der Waals surface area contributed by atoms with Crippen molar-refractivity contribution in [1.29, 1.82) is 0 Å². The third-order valence-corrected chi connectivity index (χ3v) is 5.49. The molecule has 0 unspecified atom stereocenters. The van der Waals surface area contributed by atoms with E-state index in [1.54, 1.807) is 5.38 Å². The highest BCUT2D eigenvalue weighted by Crippen LogP contribution is 2.13. The number of aliphatic hydroxyl groups excluding tert-OH is 1. The Balaban J connectivity index is 1.67. The summed E-state index contributed by atoms with van der Waals surface area (Å²) in [6.45, 7) is 2.82. The number of benzene rings is 2. The molecule has 0 saturated carbocycles. The smallest absolute Gasteiger partial charge is 0.271 e. The van der Waals surface area contributed by atoms with Crippen molar-refractivity contribution in [3.63, 3.8) is 0 Å². The molecule has 0 aliphatic rings. The summed E-state index contributed by atoms with van der Waals surface area (Å²) in [4.78, 5) is 16.4. The summed E-state index contributed by atoms with van der Waals surface area (Å²) in [6, 6.07) is 10.6. The molecule has 164 valence electrons. The van der Waals surface area contributed by atoms with Crippen molar-refractivity contribution in [3.05, 3.63) is 87.4 Å². The van der Waals surface area contributed by atoms with Gasteiger partial charge in [0.2, 0.25) is 0 Å². The lowest BCUT2D eigenvalue weighted by atomic mass is 10.00. The lowest BCUT2D eigenvalue weighted by Crippen LogP contribution is -2.48. The lowest BCUT2D eigenvalue weighted by Gasteiger charge is -2.24. The Morgan fingerprint density at radius 3 is 2.55 bits per heavy atom. The Morgan fingerprint density at radius 1 is 1.13 bits per heavy atom. The van der Waals surface area contributed by atoms with Gasteiger partial charge >= 0.3 is 0 Å². The molecule has 0 bridgehead atoms. The molecule has 0 aliphatic heterocycles. The van der Waals surface area contributed by atoms with Crippen LogP contribution in [-0.4, -0.2) is 34.7 Å².